The van der Waals surface area contributed by atoms with Crippen molar-refractivity contribution in [3.63, 3.8) is 0 Å². The lowest BCUT2D eigenvalue weighted by molar-refractivity contribution is -0.122. The van der Waals surface area contributed by atoms with Crippen molar-refractivity contribution in [2.24, 2.45) is 5.41 Å². The Morgan fingerprint density at radius 3 is 2.20 bits per heavy atom. The highest BCUT2D eigenvalue weighted by molar-refractivity contribution is 5.97. The molecule has 0 aliphatic rings. The average molecular weight is 342 g/mol. The zero-order valence-corrected chi connectivity index (χ0v) is 15.6. The van der Waals surface area contributed by atoms with Gasteiger partial charge < -0.3 is 10.6 Å². The van der Waals surface area contributed by atoms with Crippen molar-refractivity contribution < 1.29 is 9.59 Å². The fraction of sp³-hybridized carbons (Fsp3) is 0.474. The van der Waals surface area contributed by atoms with Gasteiger partial charge in [-0.15, -0.1) is 0 Å². The van der Waals surface area contributed by atoms with Gasteiger partial charge in [0.25, 0.3) is 5.91 Å². The van der Waals surface area contributed by atoms with Crippen LogP contribution in [0.4, 0.5) is 0 Å². The second-order valence-corrected chi connectivity index (χ2v) is 7.44. The van der Waals surface area contributed by atoms with Crippen LogP contribution in [0.25, 0.3) is 11.0 Å². The van der Waals surface area contributed by atoms with E-state index in [1.54, 1.807) is 18.2 Å². The molecule has 2 N–H and O–H groups in total. The van der Waals surface area contributed by atoms with Crippen LogP contribution < -0.4 is 10.6 Å². The summed E-state index contributed by atoms with van der Waals surface area (Å²) in [5.74, 6) is -0.194. The second kappa shape index (κ2) is 7.59. The predicted molar refractivity (Wildman–Crippen MR) is 98.4 cm³/mol. The molecule has 0 bridgehead atoms. The van der Waals surface area contributed by atoms with E-state index in [1.807, 2.05) is 34.6 Å². The Morgan fingerprint density at radius 2 is 1.56 bits per heavy atom. The minimum atomic E-state index is -0.188. The summed E-state index contributed by atoms with van der Waals surface area (Å²) in [5.41, 5.74) is 3.70. The van der Waals surface area contributed by atoms with Crippen LogP contribution in [-0.4, -0.2) is 34.9 Å². The first-order valence-corrected chi connectivity index (χ1v) is 8.45. The molecule has 25 heavy (non-hydrogen) atoms. The standard InChI is InChI=1S/C19H26N4O2/c1-12-13(2)23-16-10-14(6-7-15(16)22-12)18(25)21-9-8-20-17(24)11-19(3,4)5/h6-7,10H,8-9,11H2,1-5H3,(H,20,24)(H,21,25). The molecule has 1 aromatic heterocycles. The van der Waals surface area contributed by atoms with E-state index in [0.717, 1.165) is 16.9 Å². The van der Waals surface area contributed by atoms with Gasteiger partial charge in [-0.05, 0) is 37.5 Å². The number of hydrogen-bond acceptors (Lipinski definition) is 4. The minimum absolute atomic E-state index is 0.00595. The Kier molecular flexibility index (Phi) is 5.72. The third-order valence-electron chi connectivity index (χ3n) is 3.76. The number of carbonyl (C=O) groups excluding carboxylic acids is 2. The van der Waals surface area contributed by atoms with Crippen LogP contribution >= 0.6 is 0 Å². The molecule has 0 saturated carbocycles. The van der Waals surface area contributed by atoms with E-state index >= 15 is 0 Å². The summed E-state index contributed by atoms with van der Waals surface area (Å²) in [6.45, 7) is 10.6. The van der Waals surface area contributed by atoms with E-state index in [2.05, 4.69) is 20.6 Å². The minimum Gasteiger partial charge on any atom is -0.354 e. The van der Waals surface area contributed by atoms with Crippen LogP contribution in [0.5, 0.6) is 0 Å². The highest BCUT2D eigenvalue weighted by Crippen LogP contribution is 2.17. The number of benzene rings is 1. The smallest absolute Gasteiger partial charge is 0.251 e. The summed E-state index contributed by atoms with van der Waals surface area (Å²) in [7, 11) is 0. The molecule has 0 spiro atoms. The molecule has 1 aromatic carbocycles. The van der Waals surface area contributed by atoms with Crippen molar-refractivity contribution in [1.29, 1.82) is 0 Å². The SMILES string of the molecule is Cc1nc2ccc(C(=O)NCCNC(=O)CC(C)(C)C)cc2nc1C. The molecular weight excluding hydrogens is 316 g/mol. The lowest BCUT2D eigenvalue weighted by Gasteiger charge is -2.17. The Hall–Kier alpha value is -2.50. The van der Waals surface area contributed by atoms with Crippen LogP contribution in [0, 0.1) is 19.3 Å². The monoisotopic (exact) mass is 342 g/mol. The molecular formula is C19H26N4O2. The fourth-order valence-corrected chi connectivity index (χ4v) is 2.40. The third-order valence-corrected chi connectivity index (χ3v) is 3.76. The molecule has 0 unspecified atom stereocenters. The molecule has 0 fully saturated rings. The maximum atomic E-state index is 12.2. The van der Waals surface area contributed by atoms with Gasteiger partial charge in [-0.2, -0.15) is 0 Å². The first kappa shape index (κ1) is 18.8. The lowest BCUT2D eigenvalue weighted by Crippen LogP contribution is -2.35. The summed E-state index contributed by atoms with van der Waals surface area (Å²) in [6.07, 6.45) is 0.461. The highest BCUT2D eigenvalue weighted by Gasteiger charge is 2.15. The van der Waals surface area contributed by atoms with Gasteiger partial charge in [0.15, 0.2) is 0 Å². The van der Waals surface area contributed by atoms with Gasteiger partial charge in [0.05, 0.1) is 22.4 Å². The van der Waals surface area contributed by atoms with Gasteiger partial charge in [0.1, 0.15) is 0 Å². The first-order valence-electron chi connectivity index (χ1n) is 8.45. The van der Waals surface area contributed by atoms with Gasteiger partial charge in [0.2, 0.25) is 5.91 Å². The Morgan fingerprint density at radius 1 is 0.960 bits per heavy atom. The van der Waals surface area contributed by atoms with Crippen LogP contribution in [0.15, 0.2) is 18.2 Å². The predicted octanol–water partition coefficient (Wildman–Crippen LogP) is 2.53. The number of aromatic nitrogens is 2. The largest absolute Gasteiger partial charge is 0.354 e. The fourth-order valence-electron chi connectivity index (χ4n) is 2.40. The highest BCUT2D eigenvalue weighted by atomic mass is 16.2. The molecule has 6 nitrogen and oxygen atoms in total. The Bertz CT molecular complexity index is 794. The summed E-state index contributed by atoms with van der Waals surface area (Å²) in [4.78, 5) is 32.9. The van der Waals surface area contributed by atoms with Crippen LogP contribution in [0.3, 0.4) is 0 Å². The molecule has 0 saturated heterocycles. The second-order valence-electron chi connectivity index (χ2n) is 7.44. The summed E-state index contributed by atoms with van der Waals surface area (Å²) in [6, 6.07) is 5.27. The topological polar surface area (TPSA) is 84.0 Å². The Balaban J connectivity index is 1.90. The van der Waals surface area contributed by atoms with Gasteiger partial charge in [0, 0.05) is 25.1 Å². The summed E-state index contributed by atoms with van der Waals surface area (Å²) in [5, 5.41) is 5.62. The van der Waals surface area contributed by atoms with Crippen molar-refractivity contribution in [2.45, 2.75) is 41.0 Å². The molecule has 2 amide bonds. The number of nitrogens with one attached hydrogen (secondary N) is 2. The van der Waals surface area contributed by atoms with E-state index in [-0.39, 0.29) is 17.2 Å². The average Bonchev–Trinajstić information content (AvgIpc) is 2.50. The van der Waals surface area contributed by atoms with Crippen LogP contribution in [0.1, 0.15) is 48.9 Å². The van der Waals surface area contributed by atoms with E-state index in [9.17, 15) is 9.59 Å². The van der Waals surface area contributed by atoms with Crippen LogP contribution in [0.2, 0.25) is 0 Å². The van der Waals surface area contributed by atoms with Crippen molar-refractivity contribution in [1.82, 2.24) is 20.6 Å². The molecule has 1 heterocycles. The third kappa shape index (κ3) is 5.52. The van der Waals surface area contributed by atoms with E-state index in [0.29, 0.717) is 30.6 Å². The quantitative estimate of drug-likeness (QED) is 0.818. The van der Waals surface area contributed by atoms with Crippen LogP contribution in [-0.2, 0) is 4.79 Å². The zero-order chi connectivity index (χ0) is 18.6. The molecule has 134 valence electrons. The molecule has 0 radical (unpaired) electrons. The molecule has 0 atom stereocenters. The molecule has 0 aliphatic heterocycles. The molecule has 2 rings (SSSR count). The van der Waals surface area contributed by atoms with Gasteiger partial charge in [-0.25, -0.2) is 9.97 Å². The van der Waals surface area contributed by atoms with Crippen molar-refractivity contribution in [3.8, 4) is 0 Å². The zero-order valence-electron chi connectivity index (χ0n) is 15.6. The number of amides is 2. The number of fused-ring (bicyclic) bond motifs is 1. The number of hydrogen-bond donors (Lipinski definition) is 2. The van der Waals surface area contributed by atoms with Crippen molar-refractivity contribution in [2.75, 3.05) is 13.1 Å². The lowest BCUT2D eigenvalue weighted by atomic mass is 9.92. The maximum Gasteiger partial charge on any atom is 0.251 e. The van der Waals surface area contributed by atoms with E-state index in [4.69, 9.17) is 0 Å². The normalized spacial score (nSPS) is 11.4. The summed E-state index contributed by atoms with van der Waals surface area (Å²) >= 11 is 0. The molecule has 0 aliphatic carbocycles. The number of aryl methyl sites for hydroxylation is 2. The number of carbonyl (C=O) groups is 2. The number of rotatable bonds is 5. The first-order chi connectivity index (χ1) is 11.7. The number of nitrogens with zero attached hydrogens (tertiary/aromatic N) is 2. The summed E-state index contributed by atoms with van der Waals surface area (Å²) < 4.78 is 0. The van der Waals surface area contributed by atoms with Crippen molar-refractivity contribution >= 4 is 22.8 Å². The molecule has 2 aromatic rings. The van der Waals surface area contributed by atoms with Gasteiger partial charge in [-0.3, -0.25) is 9.59 Å². The van der Waals surface area contributed by atoms with Gasteiger partial charge >= 0.3 is 0 Å². The van der Waals surface area contributed by atoms with E-state index < -0.39 is 0 Å². The van der Waals surface area contributed by atoms with E-state index in [1.165, 1.54) is 0 Å². The molecule has 6 heteroatoms. The Labute approximate surface area is 148 Å². The maximum absolute atomic E-state index is 12.2. The van der Waals surface area contributed by atoms with Crippen molar-refractivity contribution in [3.05, 3.63) is 35.2 Å². The van der Waals surface area contributed by atoms with Gasteiger partial charge in [-0.1, -0.05) is 20.8 Å².